The van der Waals surface area contributed by atoms with Crippen LogP contribution in [0.3, 0.4) is 0 Å². The van der Waals surface area contributed by atoms with Crippen LogP contribution in [-0.2, 0) is 14.8 Å². The molecule has 1 unspecified atom stereocenters. The molecule has 2 N–H and O–H groups in total. The zero-order chi connectivity index (χ0) is 19.8. The summed E-state index contributed by atoms with van der Waals surface area (Å²) in [6.07, 6.45) is 5.98. The lowest BCUT2D eigenvalue weighted by molar-refractivity contribution is -0.122. The highest BCUT2D eigenvalue weighted by molar-refractivity contribution is 7.89. The normalized spacial score (nSPS) is 16.4. The van der Waals surface area contributed by atoms with Crippen LogP contribution < -0.4 is 10.0 Å². The van der Waals surface area contributed by atoms with E-state index in [2.05, 4.69) is 22.2 Å². The molecule has 0 heterocycles. The number of hydrogen-bond acceptors (Lipinski definition) is 3. The summed E-state index contributed by atoms with van der Waals surface area (Å²) in [6.45, 7) is 0.0786. The van der Waals surface area contributed by atoms with Gasteiger partial charge in [-0.05, 0) is 36.5 Å². The van der Waals surface area contributed by atoms with Gasteiger partial charge < -0.3 is 5.32 Å². The van der Waals surface area contributed by atoms with Crippen LogP contribution in [0.5, 0.6) is 0 Å². The first kappa shape index (κ1) is 20.6. The Hall–Kier alpha value is -2.18. The van der Waals surface area contributed by atoms with Crippen LogP contribution in [0.2, 0.25) is 0 Å². The van der Waals surface area contributed by atoms with Crippen LogP contribution >= 0.6 is 0 Å². The predicted molar refractivity (Wildman–Crippen MR) is 110 cm³/mol. The number of carbonyl (C=O) groups is 1. The van der Waals surface area contributed by atoms with Gasteiger partial charge in [-0.15, -0.1) is 0 Å². The molecule has 6 heteroatoms. The minimum atomic E-state index is -3.59. The quantitative estimate of drug-likeness (QED) is 0.708. The molecule has 0 saturated heterocycles. The lowest BCUT2D eigenvalue weighted by Gasteiger charge is -2.31. The molecule has 0 aliphatic heterocycles. The van der Waals surface area contributed by atoms with Gasteiger partial charge in [-0.1, -0.05) is 67.8 Å². The third-order valence-electron chi connectivity index (χ3n) is 5.29. The van der Waals surface area contributed by atoms with E-state index in [-0.39, 0.29) is 29.8 Å². The molecule has 1 fully saturated rings. The van der Waals surface area contributed by atoms with Crippen molar-refractivity contribution in [3.05, 3.63) is 66.2 Å². The molecule has 1 atom stereocenters. The highest BCUT2D eigenvalue weighted by Crippen LogP contribution is 2.34. The molecule has 0 radical (unpaired) electrons. The van der Waals surface area contributed by atoms with Crippen molar-refractivity contribution in [3.8, 4) is 0 Å². The molecule has 150 valence electrons. The van der Waals surface area contributed by atoms with E-state index in [0.29, 0.717) is 5.92 Å². The van der Waals surface area contributed by atoms with E-state index in [1.54, 1.807) is 18.2 Å². The smallest absolute Gasteiger partial charge is 0.240 e. The summed E-state index contributed by atoms with van der Waals surface area (Å²) >= 11 is 0. The number of carbonyl (C=O) groups excluding carboxylic acids is 1. The second-order valence-electron chi connectivity index (χ2n) is 7.31. The molecule has 0 spiro atoms. The number of rotatable bonds is 8. The second kappa shape index (κ2) is 9.85. The van der Waals surface area contributed by atoms with Crippen molar-refractivity contribution in [2.24, 2.45) is 5.92 Å². The van der Waals surface area contributed by atoms with Crippen molar-refractivity contribution in [1.29, 1.82) is 0 Å². The zero-order valence-corrected chi connectivity index (χ0v) is 16.8. The Morgan fingerprint density at radius 3 is 2.18 bits per heavy atom. The Labute approximate surface area is 167 Å². The van der Waals surface area contributed by atoms with Crippen LogP contribution in [0.15, 0.2) is 65.6 Å². The van der Waals surface area contributed by atoms with E-state index in [9.17, 15) is 13.2 Å². The van der Waals surface area contributed by atoms with Gasteiger partial charge in [0.05, 0.1) is 10.9 Å². The third kappa shape index (κ3) is 5.66. The molecule has 1 saturated carbocycles. The number of amides is 1. The van der Waals surface area contributed by atoms with Gasteiger partial charge in [-0.25, -0.2) is 13.1 Å². The Morgan fingerprint density at radius 2 is 1.54 bits per heavy atom. The minimum Gasteiger partial charge on any atom is -0.349 e. The van der Waals surface area contributed by atoms with E-state index >= 15 is 0 Å². The van der Waals surface area contributed by atoms with Gasteiger partial charge >= 0.3 is 0 Å². The number of benzene rings is 2. The molecular formula is C22H28N2O3S. The van der Waals surface area contributed by atoms with Gasteiger partial charge in [0.1, 0.15) is 0 Å². The molecule has 2 aromatic carbocycles. The number of nitrogens with one attached hydrogen (secondary N) is 2. The minimum absolute atomic E-state index is 0.0141. The lowest BCUT2D eigenvalue weighted by atomic mass is 9.81. The van der Waals surface area contributed by atoms with Crippen LogP contribution in [0, 0.1) is 5.92 Å². The van der Waals surface area contributed by atoms with Crippen molar-refractivity contribution in [3.63, 3.8) is 0 Å². The fourth-order valence-corrected chi connectivity index (χ4v) is 4.88. The Morgan fingerprint density at radius 1 is 0.929 bits per heavy atom. The van der Waals surface area contributed by atoms with Crippen LogP contribution in [0.25, 0.3) is 0 Å². The summed E-state index contributed by atoms with van der Waals surface area (Å²) in [5, 5.41) is 3.16. The van der Waals surface area contributed by atoms with Crippen molar-refractivity contribution in [2.45, 2.75) is 49.5 Å². The van der Waals surface area contributed by atoms with Crippen molar-refractivity contribution in [1.82, 2.24) is 10.0 Å². The molecule has 1 amide bonds. The van der Waals surface area contributed by atoms with Crippen molar-refractivity contribution in [2.75, 3.05) is 6.54 Å². The number of hydrogen-bond donors (Lipinski definition) is 2. The lowest BCUT2D eigenvalue weighted by Crippen LogP contribution is -2.36. The summed E-state index contributed by atoms with van der Waals surface area (Å²) < 4.78 is 27.0. The monoisotopic (exact) mass is 400 g/mol. The standard InChI is InChI=1S/C22H28N2O3S/c25-21(16-17-23-28(26,27)20-14-8-3-9-15-20)24-22(18-10-4-1-5-11-18)19-12-6-2-7-13-19/h1,3-5,8-11,14-15,19,22-23H,2,6-7,12-13,16-17H2,(H,24,25). The molecule has 0 bridgehead atoms. The van der Waals surface area contributed by atoms with Crippen molar-refractivity contribution < 1.29 is 13.2 Å². The largest absolute Gasteiger partial charge is 0.349 e. The maximum absolute atomic E-state index is 12.5. The predicted octanol–water partition coefficient (Wildman–Crippen LogP) is 3.79. The maximum atomic E-state index is 12.5. The molecule has 3 rings (SSSR count). The van der Waals surface area contributed by atoms with Gasteiger partial charge in [0.2, 0.25) is 15.9 Å². The Bertz CT molecular complexity index is 848. The van der Waals surface area contributed by atoms with Crippen LogP contribution in [-0.4, -0.2) is 20.9 Å². The van der Waals surface area contributed by atoms with Gasteiger partial charge in [0.25, 0.3) is 0 Å². The third-order valence-corrected chi connectivity index (χ3v) is 6.77. The Kier molecular flexibility index (Phi) is 7.23. The van der Waals surface area contributed by atoms with Crippen LogP contribution in [0.4, 0.5) is 0 Å². The van der Waals surface area contributed by atoms with E-state index in [1.165, 1.54) is 31.4 Å². The number of sulfonamides is 1. The molecule has 0 aromatic heterocycles. The van der Waals surface area contributed by atoms with Gasteiger partial charge in [0.15, 0.2) is 0 Å². The molecular weight excluding hydrogens is 372 g/mol. The second-order valence-corrected chi connectivity index (χ2v) is 9.08. The molecule has 5 nitrogen and oxygen atoms in total. The van der Waals surface area contributed by atoms with E-state index in [4.69, 9.17) is 0 Å². The highest BCUT2D eigenvalue weighted by Gasteiger charge is 2.26. The van der Waals surface area contributed by atoms with Gasteiger partial charge in [0, 0.05) is 13.0 Å². The highest BCUT2D eigenvalue weighted by atomic mass is 32.2. The summed E-state index contributed by atoms with van der Waals surface area (Å²) in [5.74, 6) is 0.302. The fraction of sp³-hybridized carbons (Fsp3) is 0.409. The summed E-state index contributed by atoms with van der Waals surface area (Å²) in [7, 11) is -3.59. The van der Waals surface area contributed by atoms with E-state index in [0.717, 1.165) is 18.4 Å². The summed E-state index contributed by atoms with van der Waals surface area (Å²) in [4.78, 5) is 12.8. The average Bonchev–Trinajstić information content (AvgIpc) is 2.74. The van der Waals surface area contributed by atoms with E-state index < -0.39 is 10.0 Å². The maximum Gasteiger partial charge on any atom is 0.240 e. The first-order valence-corrected chi connectivity index (χ1v) is 11.4. The van der Waals surface area contributed by atoms with Gasteiger partial charge in [-0.2, -0.15) is 0 Å². The molecule has 1 aliphatic rings. The molecule has 2 aromatic rings. The zero-order valence-electron chi connectivity index (χ0n) is 16.0. The first-order chi connectivity index (χ1) is 13.6. The van der Waals surface area contributed by atoms with Crippen molar-refractivity contribution >= 4 is 15.9 Å². The molecule has 1 aliphatic carbocycles. The summed E-state index contributed by atoms with van der Waals surface area (Å²) in [5.41, 5.74) is 1.12. The molecule has 28 heavy (non-hydrogen) atoms. The fourth-order valence-electron chi connectivity index (χ4n) is 3.83. The Balaban J connectivity index is 1.58. The first-order valence-electron chi connectivity index (χ1n) is 9.95. The van der Waals surface area contributed by atoms with Crippen LogP contribution in [0.1, 0.15) is 50.1 Å². The average molecular weight is 401 g/mol. The van der Waals surface area contributed by atoms with E-state index in [1.807, 2.05) is 18.2 Å². The van der Waals surface area contributed by atoms with Gasteiger partial charge in [-0.3, -0.25) is 4.79 Å². The topological polar surface area (TPSA) is 75.3 Å². The summed E-state index contributed by atoms with van der Waals surface area (Å²) in [6, 6.07) is 18.2. The SMILES string of the molecule is O=C(CCNS(=O)(=O)c1ccccc1)NC(c1ccccc1)C1CCCCC1.